The molecule has 0 unspecified atom stereocenters. The van der Waals surface area contributed by atoms with Gasteiger partial charge in [0.25, 0.3) is 0 Å². The fraction of sp³-hybridized carbons (Fsp3) is 0.500. The van der Waals surface area contributed by atoms with Gasteiger partial charge in [0.15, 0.2) is 0 Å². The molecule has 1 rings (SSSR count). The minimum atomic E-state index is -0.154. The molecule has 0 radical (unpaired) electrons. The highest BCUT2D eigenvalue weighted by Gasteiger charge is 1.93. The molecule has 12 heavy (non-hydrogen) atoms. The van der Waals surface area contributed by atoms with Crippen LogP contribution in [0.1, 0.15) is 6.42 Å². The minimum absolute atomic E-state index is 0.154. The zero-order valence-electron chi connectivity index (χ0n) is 7.06. The summed E-state index contributed by atoms with van der Waals surface area (Å²) in [5.74, 6) is 1.08. The van der Waals surface area contributed by atoms with E-state index in [4.69, 9.17) is 0 Å². The molecule has 1 aromatic heterocycles. The van der Waals surface area contributed by atoms with Crippen LogP contribution in [0.3, 0.4) is 0 Å². The first-order valence-corrected chi connectivity index (χ1v) is 5.24. The van der Waals surface area contributed by atoms with Crippen molar-refractivity contribution in [1.82, 2.24) is 9.55 Å². The third kappa shape index (κ3) is 2.70. The van der Waals surface area contributed by atoms with Crippen LogP contribution in [-0.2, 0) is 6.54 Å². The van der Waals surface area contributed by atoms with Crippen molar-refractivity contribution in [2.24, 2.45) is 0 Å². The van der Waals surface area contributed by atoms with Crippen molar-refractivity contribution in [1.29, 1.82) is 0 Å². The molecule has 0 saturated heterocycles. The molecule has 0 aliphatic heterocycles. The van der Waals surface area contributed by atoms with E-state index in [-0.39, 0.29) is 5.69 Å². The zero-order valence-corrected chi connectivity index (χ0v) is 7.88. The normalized spacial score (nSPS) is 10.1. The molecule has 0 saturated carbocycles. The Bertz CT molecular complexity index is 284. The molecular weight excluding hydrogens is 172 g/mol. The standard InChI is InChI=1S/C8H12N2OS/c1-12-7-3-6-10-5-2-4-9-8(10)11/h2,4-5H,3,6-7H2,1H3. The molecule has 1 aromatic rings. The van der Waals surface area contributed by atoms with E-state index in [1.54, 1.807) is 28.6 Å². The Labute approximate surface area is 75.8 Å². The van der Waals surface area contributed by atoms with Crippen molar-refractivity contribution in [3.63, 3.8) is 0 Å². The van der Waals surface area contributed by atoms with E-state index in [0.717, 1.165) is 18.7 Å². The van der Waals surface area contributed by atoms with Crippen LogP contribution in [0.4, 0.5) is 0 Å². The second kappa shape index (κ2) is 4.98. The molecule has 0 bridgehead atoms. The first-order chi connectivity index (χ1) is 5.84. The Morgan fingerprint density at radius 3 is 3.17 bits per heavy atom. The lowest BCUT2D eigenvalue weighted by Crippen LogP contribution is -2.21. The van der Waals surface area contributed by atoms with Crippen LogP contribution in [-0.4, -0.2) is 21.6 Å². The smallest absolute Gasteiger partial charge is 0.299 e. The van der Waals surface area contributed by atoms with Crippen molar-refractivity contribution in [2.45, 2.75) is 13.0 Å². The summed E-state index contributed by atoms with van der Waals surface area (Å²) in [6, 6.07) is 1.78. The number of aromatic nitrogens is 2. The van der Waals surface area contributed by atoms with Crippen LogP contribution < -0.4 is 5.69 Å². The molecular formula is C8H12N2OS. The fourth-order valence-electron chi connectivity index (χ4n) is 0.937. The molecule has 0 aliphatic carbocycles. The number of hydrogen-bond donors (Lipinski definition) is 0. The highest BCUT2D eigenvalue weighted by atomic mass is 32.2. The Hall–Kier alpha value is -0.770. The highest BCUT2D eigenvalue weighted by Crippen LogP contribution is 1.96. The van der Waals surface area contributed by atoms with Crippen molar-refractivity contribution >= 4 is 11.8 Å². The summed E-state index contributed by atoms with van der Waals surface area (Å²) in [4.78, 5) is 14.7. The van der Waals surface area contributed by atoms with Gasteiger partial charge in [-0.25, -0.2) is 9.78 Å². The summed E-state index contributed by atoms with van der Waals surface area (Å²) in [6.45, 7) is 0.771. The molecule has 0 spiro atoms. The van der Waals surface area contributed by atoms with Gasteiger partial charge in [0.2, 0.25) is 0 Å². The fourth-order valence-corrected chi connectivity index (χ4v) is 1.35. The molecule has 1 heterocycles. The van der Waals surface area contributed by atoms with Crippen LogP contribution in [0.5, 0.6) is 0 Å². The highest BCUT2D eigenvalue weighted by molar-refractivity contribution is 7.98. The van der Waals surface area contributed by atoms with Crippen molar-refractivity contribution in [3.05, 3.63) is 28.9 Å². The van der Waals surface area contributed by atoms with Crippen LogP contribution >= 0.6 is 11.8 Å². The van der Waals surface area contributed by atoms with Gasteiger partial charge < -0.3 is 0 Å². The van der Waals surface area contributed by atoms with Crippen LogP contribution in [0.2, 0.25) is 0 Å². The van der Waals surface area contributed by atoms with Crippen LogP contribution in [0.25, 0.3) is 0 Å². The number of nitrogens with zero attached hydrogens (tertiary/aromatic N) is 2. The lowest BCUT2D eigenvalue weighted by Gasteiger charge is -2.01. The summed E-state index contributed by atoms with van der Waals surface area (Å²) in [6.07, 6.45) is 6.38. The maximum Gasteiger partial charge on any atom is 0.347 e. The van der Waals surface area contributed by atoms with Gasteiger partial charge in [-0.15, -0.1) is 0 Å². The molecule has 0 aromatic carbocycles. The first kappa shape index (κ1) is 9.32. The van der Waals surface area contributed by atoms with Gasteiger partial charge in [-0.2, -0.15) is 11.8 Å². The Morgan fingerprint density at radius 1 is 1.67 bits per heavy atom. The molecule has 3 nitrogen and oxygen atoms in total. The Kier molecular flexibility index (Phi) is 3.87. The predicted molar refractivity (Wildman–Crippen MR) is 51.5 cm³/mol. The first-order valence-electron chi connectivity index (χ1n) is 3.85. The number of thioether (sulfide) groups is 1. The minimum Gasteiger partial charge on any atom is -0.299 e. The summed E-state index contributed by atoms with van der Waals surface area (Å²) in [7, 11) is 0. The van der Waals surface area contributed by atoms with Crippen LogP contribution in [0.15, 0.2) is 23.3 Å². The molecule has 0 fully saturated rings. The van der Waals surface area contributed by atoms with Crippen LogP contribution in [0, 0.1) is 0 Å². The third-order valence-corrected chi connectivity index (χ3v) is 2.23. The van der Waals surface area contributed by atoms with Gasteiger partial charge in [0.05, 0.1) is 0 Å². The molecule has 0 aliphatic rings. The van der Waals surface area contributed by atoms with Gasteiger partial charge in [0.1, 0.15) is 0 Å². The summed E-state index contributed by atoms with van der Waals surface area (Å²) < 4.78 is 1.64. The quantitative estimate of drug-likeness (QED) is 0.655. The average molecular weight is 184 g/mol. The van der Waals surface area contributed by atoms with E-state index in [1.165, 1.54) is 6.20 Å². The van der Waals surface area contributed by atoms with Crippen molar-refractivity contribution < 1.29 is 0 Å². The molecule has 0 amide bonds. The van der Waals surface area contributed by atoms with E-state index in [9.17, 15) is 4.79 Å². The average Bonchev–Trinajstić information content (AvgIpc) is 2.09. The van der Waals surface area contributed by atoms with Gasteiger partial charge >= 0.3 is 5.69 Å². The second-order valence-electron chi connectivity index (χ2n) is 2.44. The van der Waals surface area contributed by atoms with E-state index < -0.39 is 0 Å². The lowest BCUT2D eigenvalue weighted by molar-refractivity contribution is 0.639. The molecule has 0 N–H and O–H groups in total. The zero-order chi connectivity index (χ0) is 8.81. The summed E-state index contributed by atoms with van der Waals surface area (Å²) >= 11 is 1.79. The SMILES string of the molecule is CSCCCn1cccnc1=O. The number of rotatable bonds is 4. The van der Waals surface area contributed by atoms with Crippen molar-refractivity contribution in [2.75, 3.05) is 12.0 Å². The van der Waals surface area contributed by atoms with Gasteiger partial charge in [-0.3, -0.25) is 4.57 Å². The third-order valence-electron chi connectivity index (χ3n) is 1.53. The number of hydrogen-bond acceptors (Lipinski definition) is 3. The summed E-state index contributed by atoms with van der Waals surface area (Å²) in [5, 5.41) is 0. The maximum atomic E-state index is 11.1. The Morgan fingerprint density at radius 2 is 2.50 bits per heavy atom. The van der Waals surface area contributed by atoms with Crippen molar-refractivity contribution in [3.8, 4) is 0 Å². The molecule has 4 heteroatoms. The molecule has 0 atom stereocenters. The molecule has 66 valence electrons. The van der Waals surface area contributed by atoms with E-state index in [2.05, 4.69) is 11.2 Å². The number of aryl methyl sites for hydroxylation is 1. The van der Waals surface area contributed by atoms with Gasteiger partial charge in [0, 0.05) is 18.9 Å². The predicted octanol–water partition coefficient (Wildman–Crippen LogP) is 0.996. The van der Waals surface area contributed by atoms with E-state index in [0.29, 0.717) is 0 Å². The second-order valence-corrected chi connectivity index (χ2v) is 3.43. The van der Waals surface area contributed by atoms with Gasteiger partial charge in [-0.1, -0.05) is 0 Å². The Balaban J connectivity index is 2.52. The van der Waals surface area contributed by atoms with Gasteiger partial charge in [-0.05, 0) is 24.5 Å². The van der Waals surface area contributed by atoms with E-state index >= 15 is 0 Å². The summed E-state index contributed by atoms with van der Waals surface area (Å²) in [5.41, 5.74) is -0.154. The maximum absolute atomic E-state index is 11.1. The largest absolute Gasteiger partial charge is 0.347 e. The lowest BCUT2D eigenvalue weighted by atomic mass is 10.5. The monoisotopic (exact) mass is 184 g/mol. The van der Waals surface area contributed by atoms with E-state index in [1.807, 2.05) is 0 Å². The topological polar surface area (TPSA) is 34.9 Å².